The van der Waals surface area contributed by atoms with E-state index in [0.29, 0.717) is 6.54 Å². The van der Waals surface area contributed by atoms with E-state index in [4.69, 9.17) is 4.74 Å². The van der Waals surface area contributed by atoms with Crippen molar-refractivity contribution in [2.45, 2.75) is 13.5 Å². The van der Waals surface area contributed by atoms with Gasteiger partial charge in [-0.05, 0) is 30.2 Å². The van der Waals surface area contributed by atoms with Gasteiger partial charge in [-0.15, -0.1) is 0 Å². The number of ether oxygens (including phenoxy) is 1. The first kappa shape index (κ1) is 13.2. The summed E-state index contributed by atoms with van der Waals surface area (Å²) in [5.41, 5.74) is 2.10. The number of carbonyl (C=O) groups excluding carboxylic acids is 1. The fourth-order valence-corrected chi connectivity index (χ4v) is 1.78. The number of aryl methyl sites for hydroxylation is 2. The first-order chi connectivity index (χ1) is 9.15. The molecule has 0 spiro atoms. The predicted molar refractivity (Wildman–Crippen MR) is 73.9 cm³/mol. The van der Waals surface area contributed by atoms with Crippen LogP contribution in [0.5, 0.6) is 5.75 Å². The molecule has 0 radical (unpaired) electrons. The fourth-order valence-electron chi connectivity index (χ4n) is 1.78. The topological polar surface area (TPSA) is 43.3 Å². The van der Waals surface area contributed by atoms with E-state index in [-0.39, 0.29) is 12.5 Å². The van der Waals surface area contributed by atoms with Crippen LogP contribution in [-0.4, -0.2) is 17.1 Å². The Morgan fingerprint density at radius 3 is 2.79 bits per heavy atom. The Kier molecular flexibility index (Phi) is 4.23. The van der Waals surface area contributed by atoms with E-state index >= 15 is 0 Å². The van der Waals surface area contributed by atoms with Crippen molar-refractivity contribution in [3.05, 3.63) is 53.9 Å². The van der Waals surface area contributed by atoms with Crippen LogP contribution < -0.4 is 10.1 Å². The number of carbonyl (C=O) groups is 1. The third-order valence-corrected chi connectivity index (χ3v) is 2.84. The van der Waals surface area contributed by atoms with E-state index in [0.717, 1.165) is 16.9 Å². The molecule has 0 saturated heterocycles. The van der Waals surface area contributed by atoms with Crippen molar-refractivity contribution in [3.63, 3.8) is 0 Å². The molecule has 1 aromatic carbocycles. The highest BCUT2D eigenvalue weighted by atomic mass is 16.5. The molecule has 1 amide bonds. The summed E-state index contributed by atoms with van der Waals surface area (Å²) in [6.07, 6.45) is 3.92. The SMILES string of the molecule is Cc1ccccc1OCC(=O)NCc1ccn(C)c1. The van der Waals surface area contributed by atoms with E-state index in [1.807, 2.05) is 61.3 Å². The molecule has 0 aliphatic rings. The van der Waals surface area contributed by atoms with Gasteiger partial charge in [0.05, 0.1) is 0 Å². The second kappa shape index (κ2) is 6.09. The van der Waals surface area contributed by atoms with Gasteiger partial charge >= 0.3 is 0 Å². The molecule has 0 atom stereocenters. The normalized spacial score (nSPS) is 10.2. The molecule has 1 heterocycles. The van der Waals surface area contributed by atoms with Crippen LogP contribution in [0.15, 0.2) is 42.7 Å². The van der Waals surface area contributed by atoms with Crippen LogP contribution in [-0.2, 0) is 18.4 Å². The Labute approximate surface area is 113 Å². The quantitative estimate of drug-likeness (QED) is 0.891. The number of hydrogen-bond donors (Lipinski definition) is 1. The molecule has 0 aliphatic carbocycles. The van der Waals surface area contributed by atoms with Crippen molar-refractivity contribution in [2.75, 3.05) is 6.61 Å². The standard InChI is InChI=1S/C15H18N2O2/c1-12-5-3-4-6-14(12)19-11-15(18)16-9-13-7-8-17(2)10-13/h3-8,10H,9,11H2,1-2H3,(H,16,18). The number of rotatable bonds is 5. The maximum absolute atomic E-state index is 11.7. The molecule has 0 unspecified atom stereocenters. The average molecular weight is 258 g/mol. The molecule has 0 saturated carbocycles. The molecule has 1 N–H and O–H groups in total. The Balaban J connectivity index is 1.77. The van der Waals surface area contributed by atoms with Gasteiger partial charge in [-0.2, -0.15) is 0 Å². The minimum Gasteiger partial charge on any atom is -0.484 e. The van der Waals surface area contributed by atoms with Crippen molar-refractivity contribution in [2.24, 2.45) is 7.05 Å². The lowest BCUT2D eigenvalue weighted by atomic mass is 10.2. The highest BCUT2D eigenvalue weighted by molar-refractivity contribution is 5.77. The van der Waals surface area contributed by atoms with Crippen molar-refractivity contribution >= 4 is 5.91 Å². The smallest absolute Gasteiger partial charge is 0.258 e. The number of aromatic nitrogens is 1. The summed E-state index contributed by atoms with van der Waals surface area (Å²) in [6, 6.07) is 9.63. The Bertz CT molecular complexity index is 561. The Hall–Kier alpha value is -2.23. The summed E-state index contributed by atoms with van der Waals surface area (Å²) in [5.74, 6) is 0.629. The van der Waals surface area contributed by atoms with Crippen LogP contribution in [0.25, 0.3) is 0 Å². The number of hydrogen-bond acceptors (Lipinski definition) is 2. The lowest BCUT2D eigenvalue weighted by Crippen LogP contribution is -2.28. The van der Waals surface area contributed by atoms with E-state index in [1.165, 1.54) is 0 Å². The molecule has 100 valence electrons. The Morgan fingerprint density at radius 1 is 1.32 bits per heavy atom. The summed E-state index contributed by atoms with van der Waals surface area (Å²) in [5, 5.41) is 2.82. The molecule has 2 rings (SSSR count). The van der Waals surface area contributed by atoms with Gasteiger partial charge in [-0.25, -0.2) is 0 Å². The van der Waals surface area contributed by atoms with Gasteiger partial charge in [0.25, 0.3) is 5.91 Å². The zero-order valence-corrected chi connectivity index (χ0v) is 11.2. The van der Waals surface area contributed by atoms with Crippen molar-refractivity contribution in [1.82, 2.24) is 9.88 Å². The van der Waals surface area contributed by atoms with Gasteiger partial charge in [0, 0.05) is 26.0 Å². The summed E-state index contributed by atoms with van der Waals surface area (Å²) in [4.78, 5) is 11.7. The van der Waals surface area contributed by atoms with Crippen LogP contribution in [0.2, 0.25) is 0 Å². The summed E-state index contributed by atoms with van der Waals surface area (Å²) >= 11 is 0. The minimum atomic E-state index is -0.118. The van der Waals surface area contributed by atoms with Crippen LogP contribution in [0.4, 0.5) is 0 Å². The van der Waals surface area contributed by atoms with E-state index < -0.39 is 0 Å². The third-order valence-electron chi connectivity index (χ3n) is 2.84. The summed E-state index contributed by atoms with van der Waals surface area (Å²) in [7, 11) is 1.95. The highest BCUT2D eigenvalue weighted by Gasteiger charge is 2.04. The average Bonchev–Trinajstić information content (AvgIpc) is 2.81. The molecule has 4 heteroatoms. The second-order valence-corrected chi connectivity index (χ2v) is 4.52. The first-order valence-electron chi connectivity index (χ1n) is 6.21. The minimum absolute atomic E-state index is 0.0394. The molecule has 4 nitrogen and oxygen atoms in total. The molecule has 1 aromatic heterocycles. The van der Waals surface area contributed by atoms with E-state index in [1.54, 1.807) is 0 Å². The number of para-hydroxylation sites is 1. The molecular weight excluding hydrogens is 240 g/mol. The number of benzene rings is 1. The number of amides is 1. The first-order valence-corrected chi connectivity index (χ1v) is 6.21. The highest BCUT2D eigenvalue weighted by Crippen LogP contribution is 2.15. The lowest BCUT2D eigenvalue weighted by molar-refractivity contribution is -0.123. The van der Waals surface area contributed by atoms with Gasteiger partial charge in [0.2, 0.25) is 0 Å². The molecule has 0 bridgehead atoms. The van der Waals surface area contributed by atoms with Crippen molar-refractivity contribution in [3.8, 4) is 5.75 Å². The van der Waals surface area contributed by atoms with Crippen molar-refractivity contribution in [1.29, 1.82) is 0 Å². The zero-order valence-electron chi connectivity index (χ0n) is 11.2. The van der Waals surface area contributed by atoms with Crippen LogP contribution in [0, 0.1) is 6.92 Å². The van der Waals surface area contributed by atoms with Crippen LogP contribution in [0.3, 0.4) is 0 Å². The van der Waals surface area contributed by atoms with Crippen LogP contribution >= 0.6 is 0 Å². The molecule has 0 aliphatic heterocycles. The van der Waals surface area contributed by atoms with Crippen LogP contribution in [0.1, 0.15) is 11.1 Å². The predicted octanol–water partition coefficient (Wildman–Crippen LogP) is 2.03. The number of nitrogens with one attached hydrogen (secondary N) is 1. The van der Waals surface area contributed by atoms with Gasteiger partial charge < -0.3 is 14.6 Å². The summed E-state index contributed by atoms with van der Waals surface area (Å²) < 4.78 is 7.42. The largest absolute Gasteiger partial charge is 0.484 e. The van der Waals surface area contributed by atoms with E-state index in [2.05, 4.69) is 5.32 Å². The van der Waals surface area contributed by atoms with E-state index in [9.17, 15) is 4.79 Å². The molecule has 0 fully saturated rings. The fraction of sp³-hybridized carbons (Fsp3) is 0.267. The zero-order chi connectivity index (χ0) is 13.7. The summed E-state index contributed by atoms with van der Waals surface area (Å²) in [6.45, 7) is 2.52. The molecular formula is C15H18N2O2. The lowest BCUT2D eigenvalue weighted by Gasteiger charge is -2.08. The van der Waals surface area contributed by atoms with Crippen molar-refractivity contribution < 1.29 is 9.53 Å². The maximum Gasteiger partial charge on any atom is 0.258 e. The maximum atomic E-state index is 11.7. The monoisotopic (exact) mass is 258 g/mol. The Morgan fingerprint density at radius 2 is 2.11 bits per heavy atom. The second-order valence-electron chi connectivity index (χ2n) is 4.52. The van der Waals surface area contributed by atoms with Gasteiger partial charge in [0.1, 0.15) is 5.75 Å². The molecule has 19 heavy (non-hydrogen) atoms. The van der Waals surface area contributed by atoms with Gasteiger partial charge in [-0.3, -0.25) is 4.79 Å². The number of nitrogens with zero attached hydrogens (tertiary/aromatic N) is 1. The van der Waals surface area contributed by atoms with Gasteiger partial charge in [0.15, 0.2) is 6.61 Å². The molecule has 2 aromatic rings. The third kappa shape index (κ3) is 3.88. The van der Waals surface area contributed by atoms with Gasteiger partial charge in [-0.1, -0.05) is 18.2 Å².